The molecule has 26 heavy (non-hydrogen) atoms. The summed E-state index contributed by atoms with van der Waals surface area (Å²) in [4.78, 5) is 16.3. The first-order valence-corrected chi connectivity index (χ1v) is 9.17. The van der Waals surface area contributed by atoms with Crippen molar-refractivity contribution in [2.45, 2.75) is 32.2 Å². The molecule has 2 aromatic heterocycles. The molecule has 1 aliphatic heterocycles. The molecule has 1 atom stereocenters. The smallest absolute Gasteiger partial charge is 0.273 e. The lowest BCUT2D eigenvalue weighted by atomic mass is 10.00. The lowest BCUT2D eigenvalue weighted by Gasteiger charge is -2.22. The maximum atomic E-state index is 12.1. The van der Waals surface area contributed by atoms with Crippen molar-refractivity contribution in [3.05, 3.63) is 23.0 Å². The van der Waals surface area contributed by atoms with Crippen LogP contribution in [0.2, 0.25) is 0 Å². The van der Waals surface area contributed by atoms with E-state index in [4.69, 9.17) is 5.73 Å². The van der Waals surface area contributed by atoms with Gasteiger partial charge in [0.25, 0.3) is 5.91 Å². The van der Waals surface area contributed by atoms with Crippen LogP contribution in [0, 0.1) is 5.92 Å². The number of anilines is 1. The molecule has 1 aliphatic rings. The van der Waals surface area contributed by atoms with Crippen LogP contribution in [0.4, 0.5) is 5.13 Å². The molecule has 8 nitrogen and oxygen atoms in total. The highest BCUT2D eigenvalue weighted by Gasteiger charge is 2.16. The summed E-state index contributed by atoms with van der Waals surface area (Å²) in [6.45, 7) is 3.48. The zero-order valence-corrected chi connectivity index (χ0v) is 16.8. The summed E-state index contributed by atoms with van der Waals surface area (Å²) >= 11 is 1.44. The van der Waals surface area contributed by atoms with Gasteiger partial charge in [-0.05, 0) is 44.7 Å². The molecule has 0 aliphatic carbocycles. The number of piperidine rings is 1. The summed E-state index contributed by atoms with van der Waals surface area (Å²) in [5.41, 5.74) is 6.94. The molecule has 0 spiro atoms. The summed E-state index contributed by atoms with van der Waals surface area (Å²) in [6, 6.07) is 0. The molecule has 1 saturated heterocycles. The summed E-state index contributed by atoms with van der Waals surface area (Å²) in [7, 11) is 0. The van der Waals surface area contributed by atoms with Crippen LogP contribution in [0.5, 0.6) is 0 Å². The van der Waals surface area contributed by atoms with Crippen LogP contribution in [0.25, 0.3) is 0 Å². The molecule has 0 bridgehead atoms. The lowest BCUT2D eigenvalue weighted by Crippen LogP contribution is -2.32. The molecule has 1 amide bonds. The van der Waals surface area contributed by atoms with Gasteiger partial charge in [-0.2, -0.15) is 0 Å². The summed E-state index contributed by atoms with van der Waals surface area (Å²) in [5, 5.41) is 16.8. The maximum Gasteiger partial charge on any atom is 0.273 e. The average molecular weight is 422 g/mol. The van der Waals surface area contributed by atoms with Gasteiger partial charge < -0.3 is 16.4 Å². The van der Waals surface area contributed by atoms with Gasteiger partial charge in [0.1, 0.15) is 0 Å². The third-order valence-electron chi connectivity index (χ3n) is 4.08. The molecule has 146 valence electrons. The number of aromatic nitrogens is 4. The fourth-order valence-electron chi connectivity index (χ4n) is 2.84. The predicted octanol–water partition coefficient (Wildman–Crippen LogP) is 1.52. The Balaban J connectivity index is 0.00000169. The summed E-state index contributed by atoms with van der Waals surface area (Å²) < 4.78 is 1.77. The Labute approximate surface area is 169 Å². The molecule has 1 unspecified atom stereocenters. The highest BCUT2D eigenvalue weighted by Crippen LogP contribution is 2.13. The Kier molecular flexibility index (Phi) is 9.85. The number of amides is 1. The first-order chi connectivity index (χ1) is 11.7. The number of carbonyl (C=O) groups is 1. The van der Waals surface area contributed by atoms with Crippen molar-refractivity contribution in [1.29, 1.82) is 0 Å². The minimum Gasteiger partial charge on any atom is -0.375 e. The van der Waals surface area contributed by atoms with E-state index in [2.05, 4.69) is 25.9 Å². The molecule has 2 aromatic rings. The van der Waals surface area contributed by atoms with Crippen LogP contribution >= 0.6 is 36.2 Å². The SMILES string of the molecule is Cl.Cl.Nc1nc(CCCNC(=O)c2cn(CC3CCCNC3)nn2)cs1. The Hall–Kier alpha value is -1.42. The molecular formula is C15H25Cl2N7OS. The standard InChI is InChI=1S/C15H23N7OS.2ClH/c16-15-19-12(10-24-15)4-2-6-18-14(23)13-9-22(21-20-13)8-11-3-1-5-17-7-11;;/h9-11,17H,1-8H2,(H2,16,19)(H,18,23);2*1H. The number of thiazole rings is 1. The fraction of sp³-hybridized carbons (Fsp3) is 0.600. The third kappa shape index (κ3) is 6.71. The first kappa shape index (κ1) is 22.6. The lowest BCUT2D eigenvalue weighted by molar-refractivity contribution is 0.0948. The van der Waals surface area contributed by atoms with Crippen LogP contribution in [-0.4, -0.2) is 45.5 Å². The number of rotatable bonds is 7. The van der Waals surface area contributed by atoms with Gasteiger partial charge in [0, 0.05) is 18.5 Å². The minimum atomic E-state index is -0.180. The third-order valence-corrected chi connectivity index (χ3v) is 4.80. The van der Waals surface area contributed by atoms with E-state index < -0.39 is 0 Å². The van der Waals surface area contributed by atoms with Gasteiger partial charge in [0.2, 0.25) is 0 Å². The number of nitrogens with two attached hydrogens (primary N) is 1. The number of halogens is 2. The molecule has 4 N–H and O–H groups in total. The highest BCUT2D eigenvalue weighted by atomic mass is 35.5. The minimum absolute atomic E-state index is 0. The van der Waals surface area contributed by atoms with Crippen molar-refractivity contribution in [1.82, 2.24) is 30.6 Å². The first-order valence-electron chi connectivity index (χ1n) is 8.29. The largest absolute Gasteiger partial charge is 0.375 e. The van der Waals surface area contributed by atoms with Crippen LogP contribution in [0.3, 0.4) is 0 Å². The van der Waals surface area contributed by atoms with E-state index in [1.165, 1.54) is 24.2 Å². The number of hydrogen-bond acceptors (Lipinski definition) is 7. The molecule has 0 saturated carbocycles. The van der Waals surface area contributed by atoms with Gasteiger partial charge >= 0.3 is 0 Å². The number of nitrogens with zero attached hydrogens (tertiary/aromatic N) is 4. The average Bonchev–Trinajstić information content (AvgIpc) is 3.21. The molecule has 1 fully saturated rings. The van der Waals surface area contributed by atoms with Gasteiger partial charge in [0.05, 0.1) is 11.9 Å². The monoisotopic (exact) mass is 421 g/mol. The van der Waals surface area contributed by atoms with Gasteiger partial charge in [-0.15, -0.1) is 41.2 Å². The van der Waals surface area contributed by atoms with Crippen LogP contribution in [0.1, 0.15) is 35.4 Å². The van der Waals surface area contributed by atoms with E-state index in [1.54, 1.807) is 10.9 Å². The topological polar surface area (TPSA) is 111 Å². The molecule has 3 rings (SSSR count). The van der Waals surface area contributed by atoms with Crippen molar-refractivity contribution in [3.63, 3.8) is 0 Å². The second-order valence-corrected chi connectivity index (χ2v) is 6.96. The second kappa shape index (κ2) is 11.3. The van der Waals surface area contributed by atoms with E-state index in [9.17, 15) is 4.79 Å². The summed E-state index contributed by atoms with van der Waals surface area (Å²) in [5.74, 6) is 0.378. The quantitative estimate of drug-likeness (QED) is 0.584. The van der Waals surface area contributed by atoms with Crippen molar-refractivity contribution in [3.8, 4) is 0 Å². The van der Waals surface area contributed by atoms with Crippen molar-refractivity contribution < 1.29 is 4.79 Å². The zero-order chi connectivity index (χ0) is 16.8. The number of nitrogens with one attached hydrogen (secondary N) is 2. The van der Waals surface area contributed by atoms with Crippen LogP contribution in [-0.2, 0) is 13.0 Å². The Bertz CT molecular complexity index is 673. The predicted molar refractivity (Wildman–Crippen MR) is 107 cm³/mol. The Morgan fingerprint density at radius 1 is 1.46 bits per heavy atom. The Morgan fingerprint density at radius 2 is 2.31 bits per heavy atom. The van der Waals surface area contributed by atoms with E-state index in [1.807, 2.05) is 5.38 Å². The molecular weight excluding hydrogens is 397 g/mol. The molecule has 0 radical (unpaired) electrons. The molecule has 11 heteroatoms. The second-order valence-electron chi connectivity index (χ2n) is 6.07. The number of aryl methyl sites for hydroxylation is 1. The summed E-state index contributed by atoms with van der Waals surface area (Å²) in [6.07, 6.45) is 5.73. The highest BCUT2D eigenvalue weighted by molar-refractivity contribution is 7.13. The molecule has 0 aromatic carbocycles. The number of nitrogen functional groups attached to an aromatic ring is 1. The van der Waals surface area contributed by atoms with Crippen LogP contribution < -0.4 is 16.4 Å². The van der Waals surface area contributed by atoms with Crippen molar-refractivity contribution >= 4 is 47.2 Å². The number of carbonyl (C=O) groups excluding carboxylic acids is 1. The number of hydrogen-bond donors (Lipinski definition) is 3. The molecule has 3 heterocycles. The van der Waals surface area contributed by atoms with Crippen molar-refractivity contribution in [2.75, 3.05) is 25.4 Å². The van der Waals surface area contributed by atoms with E-state index in [-0.39, 0.29) is 30.7 Å². The Morgan fingerprint density at radius 3 is 3.00 bits per heavy atom. The van der Waals surface area contributed by atoms with Crippen molar-refractivity contribution in [2.24, 2.45) is 5.92 Å². The van der Waals surface area contributed by atoms with Gasteiger partial charge in [-0.25, -0.2) is 4.98 Å². The van der Waals surface area contributed by atoms with E-state index in [0.717, 1.165) is 38.2 Å². The zero-order valence-electron chi connectivity index (χ0n) is 14.4. The normalized spacial score (nSPS) is 16.4. The van der Waals surface area contributed by atoms with Gasteiger partial charge in [-0.3, -0.25) is 9.48 Å². The maximum absolute atomic E-state index is 12.1. The van der Waals surface area contributed by atoms with Gasteiger partial charge in [-0.1, -0.05) is 5.21 Å². The van der Waals surface area contributed by atoms with E-state index >= 15 is 0 Å². The van der Waals surface area contributed by atoms with Gasteiger partial charge in [0.15, 0.2) is 10.8 Å². The fourth-order valence-corrected chi connectivity index (χ4v) is 3.43. The van der Waals surface area contributed by atoms with Crippen LogP contribution in [0.15, 0.2) is 11.6 Å². The van der Waals surface area contributed by atoms with E-state index in [0.29, 0.717) is 23.3 Å².